The number of nitrogens with zero attached hydrogens (tertiary/aromatic N) is 2. The first-order valence-corrected chi connectivity index (χ1v) is 9.83. The minimum atomic E-state index is 0. The van der Waals surface area contributed by atoms with E-state index in [-0.39, 0.29) is 42.6 Å². The molecule has 0 saturated carbocycles. The molecule has 0 spiro atoms. The van der Waals surface area contributed by atoms with E-state index in [1.54, 1.807) is 0 Å². The highest BCUT2D eigenvalue weighted by molar-refractivity contribution is 14.0. The maximum Gasteiger partial charge on any atom is 0.191 e. The Hall–Kier alpha value is -0.900. The Labute approximate surface area is 179 Å². The summed E-state index contributed by atoms with van der Waals surface area (Å²) < 4.78 is 6.01. The van der Waals surface area contributed by atoms with E-state index >= 15 is 0 Å². The topological polar surface area (TPSA) is 69.1 Å². The quantitative estimate of drug-likeness (QED) is 0.310. The van der Waals surface area contributed by atoms with Crippen LogP contribution in [0.4, 0.5) is 0 Å². The van der Waals surface area contributed by atoms with Crippen molar-refractivity contribution in [3.05, 3.63) is 35.9 Å². The van der Waals surface area contributed by atoms with Gasteiger partial charge in [-0.1, -0.05) is 30.3 Å². The number of hydrogen-bond donors (Lipinski definition) is 3. The predicted molar refractivity (Wildman–Crippen MR) is 120 cm³/mol. The molecule has 0 aliphatic carbocycles. The monoisotopic (exact) mass is 488 g/mol. The number of aliphatic imine (C=N–C) groups is 1. The summed E-state index contributed by atoms with van der Waals surface area (Å²) in [4.78, 5) is 7.23. The molecule has 3 unspecified atom stereocenters. The Morgan fingerprint density at radius 1 is 1.33 bits per heavy atom. The van der Waals surface area contributed by atoms with Gasteiger partial charge < -0.3 is 20.5 Å². The summed E-state index contributed by atoms with van der Waals surface area (Å²) in [5.74, 6) is 0.803. The number of guanidine groups is 1. The number of aliphatic hydroxyl groups excluding tert-OH is 1. The molecule has 3 N–H and O–H groups in total. The van der Waals surface area contributed by atoms with Crippen LogP contribution in [0.5, 0.6) is 0 Å². The van der Waals surface area contributed by atoms with Crippen molar-refractivity contribution in [3.63, 3.8) is 0 Å². The fourth-order valence-corrected chi connectivity index (χ4v) is 3.76. The summed E-state index contributed by atoms with van der Waals surface area (Å²) in [5, 5.41) is 16.4. The van der Waals surface area contributed by atoms with E-state index in [0.29, 0.717) is 12.6 Å². The molecule has 152 valence electrons. The molecular weight excluding hydrogens is 455 g/mol. The summed E-state index contributed by atoms with van der Waals surface area (Å²) in [6.07, 6.45) is 2.77. The fraction of sp³-hybridized carbons (Fsp3) is 0.650. The zero-order valence-electron chi connectivity index (χ0n) is 16.1. The second-order valence-corrected chi connectivity index (χ2v) is 7.14. The number of benzene rings is 1. The molecule has 7 heteroatoms. The second-order valence-electron chi connectivity index (χ2n) is 7.14. The lowest BCUT2D eigenvalue weighted by molar-refractivity contribution is -0.0453. The van der Waals surface area contributed by atoms with Crippen LogP contribution in [0.25, 0.3) is 0 Å². The molecule has 6 nitrogen and oxygen atoms in total. The normalized spacial score (nSPS) is 24.0. The number of nitrogens with one attached hydrogen (secondary N) is 2. The van der Waals surface area contributed by atoms with Crippen LogP contribution >= 0.6 is 24.0 Å². The highest BCUT2D eigenvalue weighted by Gasteiger charge is 2.32. The number of ether oxygens (including phenoxy) is 1. The second kappa shape index (κ2) is 11.8. The lowest BCUT2D eigenvalue weighted by Crippen LogP contribution is -2.51. The summed E-state index contributed by atoms with van der Waals surface area (Å²) in [6, 6.07) is 10.7. The van der Waals surface area contributed by atoms with Gasteiger partial charge in [0.05, 0.1) is 25.9 Å². The minimum Gasteiger partial charge on any atom is -0.396 e. The highest BCUT2D eigenvalue weighted by atomic mass is 127. The SMILES string of the molecule is CCNC(=NCC(CO)c1ccccc1)NCC1CN2CCCC2CO1.I. The van der Waals surface area contributed by atoms with Crippen LogP contribution in [-0.4, -0.2) is 74.0 Å². The Kier molecular flexibility index (Phi) is 9.81. The van der Waals surface area contributed by atoms with Gasteiger partial charge in [-0.3, -0.25) is 9.89 Å². The van der Waals surface area contributed by atoms with Crippen molar-refractivity contribution in [2.24, 2.45) is 4.99 Å². The molecule has 1 aromatic carbocycles. The van der Waals surface area contributed by atoms with Crippen molar-refractivity contribution < 1.29 is 9.84 Å². The molecule has 1 aromatic rings. The van der Waals surface area contributed by atoms with Crippen LogP contribution < -0.4 is 10.6 Å². The van der Waals surface area contributed by atoms with Crippen molar-refractivity contribution in [2.75, 3.05) is 45.9 Å². The Morgan fingerprint density at radius 3 is 2.89 bits per heavy atom. The molecule has 2 saturated heterocycles. The maximum atomic E-state index is 9.71. The number of hydrogen-bond acceptors (Lipinski definition) is 4. The summed E-state index contributed by atoms with van der Waals surface area (Å²) in [5.41, 5.74) is 1.12. The zero-order valence-corrected chi connectivity index (χ0v) is 18.5. The first-order chi connectivity index (χ1) is 12.8. The molecule has 2 aliphatic heterocycles. The maximum absolute atomic E-state index is 9.71. The van der Waals surface area contributed by atoms with E-state index in [1.807, 2.05) is 30.3 Å². The summed E-state index contributed by atoms with van der Waals surface area (Å²) >= 11 is 0. The van der Waals surface area contributed by atoms with E-state index in [0.717, 1.165) is 37.8 Å². The fourth-order valence-electron chi connectivity index (χ4n) is 3.76. The summed E-state index contributed by atoms with van der Waals surface area (Å²) in [7, 11) is 0. The third kappa shape index (κ3) is 6.58. The highest BCUT2D eigenvalue weighted by Crippen LogP contribution is 2.22. The average Bonchev–Trinajstić information content (AvgIpc) is 3.15. The standard InChI is InChI=1S/C20H32N4O2.HI/c1-2-21-20(22-11-17(14-25)16-7-4-3-5-8-16)23-12-19-13-24-10-6-9-18(24)15-26-19;/h3-5,7-8,17-19,25H,2,6,9-15H2,1H3,(H2,21,22,23);1H. The van der Waals surface area contributed by atoms with Crippen molar-refractivity contribution in [3.8, 4) is 0 Å². The van der Waals surface area contributed by atoms with Gasteiger partial charge in [0.15, 0.2) is 5.96 Å². The Bertz CT molecular complexity index is 572. The molecule has 2 aliphatic rings. The zero-order chi connectivity index (χ0) is 18.2. The van der Waals surface area contributed by atoms with Gasteiger partial charge in [-0.2, -0.15) is 0 Å². The van der Waals surface area contributed by atoms with E-state index < -0.39 is 0 Å². The summed E-state index contributed by atoms with van der Waals surface area (Å²) in [6.45, 7) is 7.31. The number of morpholine rings is 1. The molecule has 0 aromatic heterocycles. The van der Waals surface area contributed by atoms with Crippen LogP contribution in [-0.2, 0) is 4.74 Å². The first-order valence-electron chi connectivity index (χ1n) is 9.83. The van der Waals surface area contributed by atoms with Gasteiger partial charge in [0.25, 0.3) is 0 Å². The first kappa shape index (κ1) is 22.4. The molecule has 27 heavy (non-hydrogen) atoms. The van der Waals surface area contributed by atoms with Gasteiger partial charge in [0.2, 0.25) is 0 Å². The van der Waals surface area contributed by atoms with Crippen molar-refractivity contribution in [1.29, 1.82) is 0 Å². The number of fused-ring (bicyclic) bond motifs is 1. The van der Waals surface area contributed by atoms with Crippen molar-refractivity contribution in [1.82, 2.24) is 15.5 Å². The van der Waals surface area contributed by atoms with Crippen molar-refractivity contribution >= 4 is 29.9 Å². The largest absolute Gasteiger partial charge is 0.396 e. The molecule has 0 bridgehead atoms. The van der Waals surface area contributed by atoms with E-state index in [9.17, 15) is 5.11 Å². The van der Waals surface area contributed by atoms with Gasteiger partial charge in [-0.05, 0) is 31.9 Å². The molecule has 0 amide bonds. The van der Waals surface area contributed by atoms with Crippen LogP contribution in [0.2, 0.25) is 0 Å². The average molecular weight is 488 g/mol. The van der Waals surface area contributed by atoms with Gasteiger partial charge >= 0.3 is 0 Å². The van der Waals surface area contributed by atoms with Crippen LogP contribution in [0, 0.1) is 0 Å². The third-order valence-electron chi connectivity index (χ3n) is 5.26. The predicted octanol–water partition coefficient (Wildman–Crippen LogP) is 1.80. The third-order valence-corrected chi connectivity index (χ3v) is 5.26. The van der Waals surface area contributed by atoms with Crippen LogP contribution in [0.3, 0.4) is 0 Å². The van der Waals surface area contributed by atoms with Gasteiger partial charge in [-0.15, -0.1) is 24.0 Å². The van der Waals surface area contributed by atoms with E-state index in [4.69, 9.17) is 4.74 Å². The minimum absolute atomic E-state index is 0. The molecule has 2 fully saturated rings. The van der Waals surface area contributed by atoms with Crippen molar-refractivity contribution in [2.45, 2.75) is 37.8 Å². The lowest BCUT2D eigenvalue weighted by Gasteiger charge is -2.35. The van der Waals surface area contributed by atoms with E-state index in [1.165, 1.54) is 19.4 Å². The van der Waals surface area contributed by atoms with Gasteiger partial charge in [0.1, 0.15) is 0 Å². The molecule has 0 radical (unpaired) electrons. The Morgan fingerprint density at radius 2 is 2.15 bits per heavy atom. The van der Waals surface area contributed by atoms with Gasteiger partial charge in [-0.25, -0.2) is 0 Å². The molecule has 3 rings (SSSR count). The van der Waals surface area contributed by atoms with Gasteiger partial charge in [0, 0.05) is 31.6 Å². The number of rotatable bonds is 7. The molecule has 3 atom stereocenters. The smallest absolute Gasteiger partial charge is 0.191 e. The van der Waals surface area contributed by atoms with Crippen LogP contribution in [0.1, 0.15) is 31.2 Å². The Balaban J connectivity index is 0.00000261. The molecule has 2 heterocycles. The van der Waals surface area contributed by atoms with Crippen LogP contribution in [0.15, 0.2) is 35.3 Å². The number of halogens is 1. The lowest BCUT2D eigenvalue weighted by atomic mass is 10.0. The number of aliphatic hydroxyl groups is 1. The molecular formula is C20H33IN4O2. The van der Waals surface area contributed by atoms with E-state index in [2.05, 4.69) is 27.4 Å².